The second-order valence-electron chi connectivity index (χ2n) is 7.37. The Morgan fingerprint density at radius 3 is 2.52 bits per heavy atom. The molecule has 0 radical (unpaired) electrons. The van der Waals surface area contributed by atoms with E-state index in [1.54, 1.807) is 6.07 Å². The third-order valence-corrected chi connectivity index (χ3v) is 6.00. The van der Waals surface area contributed by atoms with E-state index < -0.39 is 0 Å². The summed E-state index contributed by atoms with van der Waals surface area (Å²) in [6.07, 6.45) is 6.17. The van der Waals surface area contributed by atoms with Crippen LogP contribution in [0.2, 0.25) is 5.02 Å². The van der Waals surface area contributed by atoms with Crippen LogP contribution in [0.25, 0.3) is 0 Å². The lowest BCUT2D eigenvalue weighted by Crippen LogP contribution is -2.47. The molecule has 1 aliphatic carbocycles. The number of hydrogen-bond donors (Lipinski definition) is 1. The van der Waals surface area contributed by atoms with Gasteiger partial charge in [0.1, 0.15) is 5.82 Å². The average Bonchev–Trinajstić information content (AvgIpc) is 2.44. The van der Waals surface area contributed by atoms with Gasteiger partial charge >= 0.3 is 0 Å². The summed E-state index contributed by atoms with van der Waals surface area (Å²) in [4.78, 5) is 0. The SMILES string of the molecule is CCC(C)(C)C1CCC(N)(Cc2cccc(F)c2Cl)CC1. The third kappa shape index (κ3) is 3.78. The maximum Gasteiger partial charge on any atom is 0.142 e. The van der Waals surface area contributed by atoms with Crippen molar-refractivity contribution in [2.45, 2.75) is 64.8 Å². The topological polar surface area (TPSA) is 26.0 Å². The average molecular weight is 312 g/mol. The van der Waals surface area contributed by atoms with Crippen molar-refractivity contribution in [2.75, 3.05) is 0 Å². The van der Waals surface area contributed by atoms with Crippen LogP contribution in [-0.2, 0) is 6.42 Å². The zero-order valence-corrected chi connectivity index (χ0v) is 14.1. The van der Waals surface area contributed by atoms with Crippen LogP contribution in [0, 0.1) is 17.2 Å². The van der Waals surface area contributed by atoms with Crippen LogP contribution in [0.15, 0.2) is 18.2 Å². The molecule has 2 rings (SSSR count). The Morgan fingerprint density at radius 2 is 1.95 bits per heavy atom. The maximum atomic E-state index is 13.5. The van der Waals surface area contributed by atoms with E-state index in [0.29, 0.717) is 11.8 Å². The first-order chi connectivity index (χ1) is 9.77. The lowest BCUT2D eigenvalue weighted by molar-refractivity contribution is 0.115. The Morgan fingerprint density at radius 1 is 1.33 bits per heavy atom. The Balaban J connectivity index is 2.04. The summed E-state index contributed by atoms with van der Waals surface area (Å²) in [5, 5.41) is 0.235. The molecule has 1 nitrogen and oxygen atoms in total. The first kappa shape index (κ1) is 16.8. The summed E-state index contributed by atoms with van der Waals surface area (Å²) in [6, 6.07) is 5.00. The zero-order chi connectivity index (χ0) is 15.7. The van der Waals surface area contributed by atoms with Crippen LogP contribution >= 0.6 is 11.6 Å². The van der Waals surface area contributed by atoms with Gasteiger partial charge in [0.15, 0.2) is 0 Å². The number of rotatable bonds is 4. The van der Waals surface area contributed by atoms with Crippen molar-refractivity contribution in [1.82, 2.24) is 0 Å². The molecule has 2 N–H and O–H groups in total. The van der Waals surface area contributed by atoms with Gasteiger partial charge in [-0.25, -0.2) is 4.39 Å². The van der Waals surface area contributed by atoms with E-state index in [-0.39, 0.29) is 16.4 Å². The molecular weight excluding hydrogens is 285 g/mol. The minimum atomic E-state index is -0.349. The molecule has 1 saturated carbocycles. The van der Waals surface area contributed by atoms with E-state index in [9.17, 15) is 4.39 Å². The van der Waals surface area contributed by atoms with Crippen molar-refractivity contribution in [3.05, 3.63) is 34.6 Å². The molecule has 1 aromatic rings. The van der Waals surface area contributed by atoms with Crippen LogP contribution in [0.3, 0.4) is 0 Å². The van der Waals surface area contributed by atoms with Gasteiger partial charge in [0.25, 0.3) is 0 Å². The summed E-state index contributed by atoms with van der Waals surface area (Å²) >= 11 is 6.07. The van der Waals surface area contributed by atoms with Gasteiger partial charge in [-0.2, -0.15) is 0 Å². The minimum Gasteiger partial charge on any atom is -0.325 e. The lowest BCUT2D eigenvalue weighted by Gasteiger charge is -2.43. The summed E-state index contributed by atoms with van der Waals surface area (Å²) in [5.41, 5.74) is 7.56. The minimum absolute atomic E-state index is 0.235. The normalized spacial score (nSPS) is 26.9. The van der Waals surface area contributed by atoms with Crippen LogP contribution in [0.1, 0.15) is 58.4 Å². The van der Waals surface area contributed by atoms with Crippen molar-refractivity contribution in [1.29, 1.82) is 0 Å². The third-order valence-electron chi connectivity index (χ3n) is 5.57. The maximum absolute atomic E-state index is 13.5. The van der Waals surface area contributed by atoms with Crippen molar-refractivity contribution in [3.63, 3.8) is 0 Å². The van der Waals surface area contributed by atoms with Gasteiger partial charge < -0.3 is 5.73 Å². The van der Waals surface area contributed by atoms with Crippen molar-refractivity contribution in [3.8, 4) is 0 Å². The molecule has 1 fully saturated rings. The molecule has 0 amide bonds. The predicted molar refractivity (Wildman–Crippen MR) is 88.1 cm³/mol. The Labute approximate surface area is 133 Å². The quantitative estimate of drug-likeness (QED) is 0.797. The molecule has 0 aliphatic heterocycles. The van der Waals surface area contributed by atoms with Crippen molar-refractivity contribution < 1.29 is 4.39 Å². The first-order valence-corrected chi connectivity index (χ1v) is 8.37. The fourth-order valence-electron chi connectivity index (χ4n) is 3.50. The fourth-order valence-corrected chi connectivity index (χ4v) is 3.70. The van der Waals surface area contributed by atoms with E-state index in [1.807, 2.05) is 6.07 Å². The highest BCUT2D eigenvalue weighted by atomic mass is 35.5. The first-order valence-electron chi connectivity index (χ1n) is 7.99. The van der Waals surface area contributed by atoms with Crippen LogP contribution < -0.4 is 5.73 Å². The monoisotopic (exact) mass is 311 g/mol. The van der Waals surface area contributed by atoms with Gasteiger partial charge in [-0.3, -0.25) is 0 Å². The van der Waals surface area contributed by atoms with Crippen molar-refractivity contribution in [2.24, 2.45) is 17.1 Å². The van der Waals surface area contributed by atoms with Crippen LogP contribution in [0.4, 0.5) is 4.39 Å². The number of halogens is 2. The molecule has 0 atom stereocenters. The molecule has 1 aromatic carbocycles. The number of nitrogens with two attached hydrogens (primary N) is 1. The molecule has 1 aliphatic rings. The smallest absolute Gasteiger partial charge is 0.142 e. The molecule has 0 heterocycles. The van der Waals surface area contributed by atoms with Gasteiger partial charge in [0.2, 0.25) is 0 Å². The van der Waals surface area contributed by atoms with Gasteiger partial charge in [-0.1, -0.05) is 50.9 Å². The summed E-state index contributed by atoms with van der Waals surface area (Å²) in [7, 11) is 0. The largest absolute Gasteiger partial charge is 0.325 e. The standard InChI is InChI=1S/C18H27ClFN/c1-4-17(2,3)14-8-10-18(21,11-9-14)12-13-6-5-7-15(20)16(13)19/h5-7,14H,4,8-12,21H2,1-3H3. The highest BCUT2D eigenvalue weighted by molar-refractivity contribution is 6.31. The molecule has 3 heteroatoms. The zero-order valence-electron chi connectivity index (χ0n) is 13.4. The molecule has 0 spiro atoms. The summed E-state index contributed by atoms with van der Waals surface area (Å²) in [6.45, 7) is 6.96. The van der Waals surface area contributed by atoms with E-state index >= 15 is 0 Å². The van der Waals surface area contributed by atoms with Gasteiger partial charge in [-0.05, 0) is 55.1 Å². The Hall–Kier alpha value is -0.600. The number of benzene rings is 1. The van der Waals surface area contributed by atoms with Gasteiger partial charge in [0, 0.05) is 5.54 Å². The molecule has 0 saturated heterocycles. The molecule has 0 aromatic heterocycles. The number of hydrogen-bond acceptors (Lipinski definition) is 1. The van der Waals surface area contributed by atoms with E-state index in [4.69, 9.17) is 17.3 Å². The van der Waals surface area contributed by atoms with Gasteiger partial charge in [-0.15, -0.1) is 0 Å². The molecule has 0 unspecified atom stereocenters. The highest BCUT2D eigenvalue weighted by Gasteiger charge is 2.37. The molecular formula is C18H27ClFN. The van der Waals surface area contributed by atoms with Crippen LogP contribution in [-0.4, -0.2) is 5.54 Å². The van der Waals surface area contributed by atoms with Gasteiger partial charge in [0.05, 0.1) is 5.02 Å². The predicted octanol–water partition coefficient (Wildman–Crippen LogP) is 5.35. The summed E-state index contributed by atoms with van der Waals surface area (Å²) < 4.78 is 13.5. The highest BCUT2D eigenvalue weighted by Crippen LogP contribution is 2.43. The molecule has 0 bridgehead atoms. The Bertz CT molecular complexity index is 490. The molecule has 118 valence electrons. The Kier molecular flexibility index (Phi) is 4.99. The second-order valence-corrected chi connectivity index (χ2v) is 7.75. The lowest BCUT2D eigenvalue weighted by atomic mass is 9.65. The van der Waals surface area contributed by atoms with E-state index in [1.165, 1.54) is 12.5 Å². The van der Waals surface area contributed by atoms with E-state index in [0.717, 1.165) is 37.2 Å². The summed E-state index contributed by atoms with van der Waals surface area (Å²) in [5.74, 6) is 0.390. The molecule has 21 heavy (non-hydrogen) atoms. The van der Waals surface area contributed by atoms with E-state index in [2.05, 4.69) is 20.8 Å². The van der Waals surface area contributed by atoms with Crippen LogP contribution in [0.5, 0.6) is 0 Å². The second kappa shape index (κ2) is 6.26. The van der Waals surface area contributed by atoms with Crippen molar-refractivity contribution >= 4 is 11.6 Å². The fraction of sp³-hybridized carbons (Fsp3) is 0.667.